The highest BCUT2D eigenvalue weighted by atomic mass is 19.1. The summed E-state index contributed by atoms with van der Waals surface area (Å²) in [5, 5.41) is 0. The molecule has 0 N–H and O–H groups in total. The smallest absolute Gasteiger partial charge is 0.129 e. The predicted molar refractivity (Wildman–Crippen MR) is 45.0 cm³/mol. The standard InChI is InChI=1S/C7H8FN.C2H6/c1-5-4-9-6(2)3-7(5)8;1-2/h3-4H,1-2H3;1-2H3. The molecular formula is C9H14FN. The molecule has 0 aliphatic rings. The normalized spacial score (nSPS) is 8.45. The highest BCUT2D eigenvalue weighted by Crippen LogP contribution is 2.03. The molecule has 0 aromatic carbocycles. The number of pyridine rings is 1. The van der Waals surface area contributed by atoms with Crippen molar-refractivity contribution in [1.82, 2.24) is 4.98 Å². The molecule has 0 radical (unpaired) electrons. The largest absolute Gasteiger partial charge is 0.261 e. The van der Waals surface area contributed by atoms with Crippen LogP contribution in [0.3, 0.4) is 0 Å². The maximum atomic E-state index is 12.5. The molecule has 1 aromatic heterocycles. The van der Waals surface area contributed by atoms with Crippen molar-refractivity contribution in [2.24, 2.45) is 0 Å². The quantitative estimate of drug-likeness (QED) is 0.561. The van der Waals surface area contributed by atoms with E-state index in [1.807, 2.05) is 13.8 Å². The number of nitrogens with zero attached hydrogens (tertiary/aromatic N) is 1. The topological polar surface area (TPSA) is 12.9 Å². The Kier molecular flexibility index (Phi) is 4.42. The average molecular weight is 155 g/mol. The first-order chi connectivity index (χ1) is 5.20. The Hall–Kier alpha value is -0.920. The van der Waals surface area contributed by atoms with Crippen LogP contribution in [0.15, 0.2) is 12.3 Å². The van der Waals surface area contributed by atoms with E-state index < -0.39 is 0 Å². The molecule has 0 saturated heterocycles. The van der Waals surface area contributed by atoms with Crippen LogP contribution in [0.25, 0.3) is 0 Å². The van der Waals surface area contributed by atoms with Gasteiger partial charge in [0.05, 0.1) is 0 Å². The monoisotopic (exact) mass is 155 g/mol. The van der Waals surface area contributed by atoms with Crippen LogP contribution in [0.1, 0.15) is 25.1 Å². The lowest BCUT2D eigenvalue weighted by molar-refractivity contribution is 0.614. The number of aryl methyl sites for hydroxylation is 2. The van der Waals surface area contributed by atoms with Crippen molar-refractivity contribution < 1.29 is 4.39 Å². The van der Waals surface area contributed by atoms with Gasteiger partial charge in [-0.2, -0.15) is 0 Å². The van der Waals surface area contributed by atoms with Gasteiger partial charge in [-0.1, -0.05) is 13.8 Å². The molecule has 0 aliphatic heterocycles. The molecule has 1 rings (SSSR count). The van der Waals surface area contributed by atoms with E-state index in [9.17, 15) is 4.39 Å². The highest BCUT2D eigenvalue weighted by molar-refractivity contribution is 5.13. The number of aromatic nitrogens is 1. The van der Waals surface area contributed by atoms with E-state index in [-0.39, 0.29) is 5.82 Å². The molecule has 62 valence electrons. The fraction of sp³-hybridized carbons (Fsp3) is 0.444. The minimum Gasteiger partial charge on any atom is -0.261 e. The molecule has 0 bridgehead atoms. The molecule has 11 heavy (non-hydrogen) atoms. The predicted octanol–water partition coefficient (Wildman–Crippen LogP) is 2.86. The van der Waals surface area contributed by atoms with Crippen molar-refractivity contribution >= 4 is 0 Å². The lowest BCUT2D eigenvalue weighted by Crippen LogP contribution is -1.86. The van der Waals surface area contributed by atoms with Gasteiger partial charge in [0.25, 0.3) is 0 Å². The lowest BCUT2D eigenvalue weighted by atomic mass is 10.3. The molecule has 0 aliphatic carbocycles. The fourth-order valence-electron chi connectivity index (χ4n) is 0.595. The van der Waals surface area contributed by atoms with Crippen LogP contribution in [0, 0.1) is 19.7 Å². The van der Waals surface area contributed by atoms with Gasteiger partial charge in [-0.15, -0.1) is 0 Å². The minimum absolute atomic E-state index is 0.178. The fourth-order valence-corrected chi connectivity index (χ4v) is 0.595. The molecule has 0 amide bonds. The molecule has 0 atom stereocenters. The Morgan fingerprint density at radius 3 is 2.18 bits per heavy atom. The Bertz CT molecular complexity index is 221. The summed E-state index contributed by atoms with van der Waals surface area (Å²) in [5.74, 6) is -0.178. The molecule has 1 aromatic rings. The van der Waals surface area contributed by atoms with E-state index >= 15 is 0 Å². The van der Waals surface area contributed by atoms with Crippen LogP contribution in [-0.4, -0.2) is 4.98 Å². The Morgan fingerprint density at radius 1 is 1.27 bits per heavy atom. The molecule has 0 spiro atoms. The van der Waals surface area contributed by atoms with E-state index in [0.717, 1.165) is 5.69 Å². The lowest BCUT2D eigenvalue weighted by Gasteiger charge is -1.94. The van der Waals surface area contributed by atoms with E-state index in [1.165, 1.54) is 12.3 Å². The zero-order valence-electron chi connectivity index (χ0n) is 7.48. The second-order valence-electron chi connectivity index (χ2n) is 2.07. The number of halogens is 1. The first-order valence-electron chi connectivity index (χ1n) is 3.79. The van der Waals surface area contributed by atoms with Crippen molar-refractivity contribution in [3.05, 3.63) is 29.3 Å². The second-order valence-corrected chi connectivity index (χ2v) is 2.07. The van der Waals surface area contributed by atoms with Gasteiger partial charge in [0.15, 0.2) is 0 Å². The first-order valence-corrected chi connectivity index (χ1v) is 3.79. The Balaban J connectivity index is 0.000000461. The van der Waals surface area contributed by atoms with Crippen molar-refractivity contribution in [3.8, 4) is 0 Å². The van der Waals surface area contributed by atoms with Gasteiger partial charge in [0, 0.05) is 17.5 Å². The molecule has 2 heteroatoms. The van der Waals surface area contributed by atoms with Crippen LogP contribution in [-0.2, 0) is 0 Å². The summed E-state index contributed by atoms with van der Waals surface area (Å²) in [6.45, 7) is 7.46. The number of hydrogen-bond acceptors (Lipinski definition) is 1. The summed E-state index contributed by atoms with van der Waals surface area (Å²) in [6, 6.07) is 1.43. The summed E-state index contributed by atoms with van der Waals surface area (Å²) >= 11 is 0. The third-order valence-electron chi connectivity index (χ3n) is 1.17. The summed E-state index contributed by atoms with van der Waals surface area (Å²) < 4.78 is 12.5. The molecule has 1 heterocycles. The van der Waals surface area contributed by atoms with E-state index in [2.05, 4.69) is 4.98 Å². The maximum Gasteiger partial charge on any atom is 0.129 e. The van der Waals surface area contributed by atoms with E-state index in [4.69, 9.17) is 0 Å². The molecule has 1 nitrogen and oxygen atoms in total. The molecule has 0 unspecified atom stereocenters. The van der Waals surface area contributed by atoms with Crippen LogP contribution >= 0.6 is 0 Å². The van der Waals surface area contributed by atoms with Gasteiger partial charge in [-0.25, -0.2) is 4.39 Å². The summed E-state index contributed by atoms with van der Waals surface area (Å²) in [5.41, 5.74) is 1.32. The summed E-state index contributed by atoms with van der Waals surface area (Å²) in [6.07, 6.45) is 1.53. The van der Waals surface area contributed by atoms with Crippen molar-refractivity contribution in [3.63, 3.8) is 0 Å². The molecule has 0 fully saturated rings. The second kappa shape index (κ2) is 4.83. The molecular weight excluding hydrogens is 141 g/mol. The zero-order valence-corrected chi connectivity index (χ0v) is 7.48. The average Bonchev–Trinajstić information content (AvgIpc) is 2.02. The highest BCUT2D eigenvalue weighted by Gasteiger charge is 1.94. The van der Waals surface area contributed by atoms with Gasteiger partial charge in [0.2, 0.25) is 0 Å². The van der Waals surface area contributed by atoms with Gasteiger partial charge >= 0.3 is 0 Å². The van der Waals surface area contributed by atoms with Crippen LogP contribution in [0.2, 0.25) is 0 Å². The van der Waals surface area contributed by atoms with E-state index in [1.54, 1.807) is 13.8 Å². The van der Waals surface area contributed by atoms with Crippen molar-refractivity contribution in [1.29, 1.82) is 0 Å². The van der Waals surface area contributed by atoms with Gasteiger partial charge < -0.3 is 0 Å². The van der Waals surface area contributed by atoms with Crippen LogP contribution in [0.5, 0.6) is 0 Å². The van der Waals surface area contributed by atoms with Crippen LogP contribution < -0.4 is 0 Å². The van der Waals surface area contributed by atoms with E-state index in [0.29, 0.717) is 5.56 Å². The summed E-state index contributed by atoms with van der Waals surface area (Å²) in [4.78, 5) is 3.90. The Morgan fingerprint density at radius 2 is 1.82 bits per heavy atom. The SMILES string of the molecule is CC.Cc1cc(F)c(C)cn1. The third kappa shape index (κ3) is 3.12. The first kappa shape index (κ1) is 10.1. The number of hydrogen-bond donors (Lipinski definition) is 0. The maximum absolute atomic E-state index is 12.5. The third-order valence-corrected chi connectivity index (χ3v) is 1.17. The van der Waals surface area contributed by atoms with Crippen LogP contribution in [0.4, 0.5) is 4.39 Å². The zero-order chi connectivity index (χ0) is 8.85. The minimum atomic E-state index is -0.178. The van der Waals surface area contributed by atoms with Gasteiger partial charge in [-0.05, 0) is 19.9 Å². The van der Waals surface area contributed by atoms with Gasteiger partial charge in [0.1, 0.15) is 5.82 Å². The summed E-state index contributed by atoms with van der Waals surface area (Å²) in [7, 11) is 0. The van der Waals surface area contributed by atoms with Crippen molar-refractivity contribution in [2.45, 2.75) is 27.7 Å². The van der Waals surface area contributed by atoms with Gasteiger partial charge in [-0.3, -0.25) is 4.98 Å². The number of rotatable bonds is 0. The van der Waals surface area contributed by atoms with Crippen molar-refractivity contribution in [2.75, 3.05) is 0 Å². The Labute approximate surface area is 67.3 Å². The molecule has 0 saturated carbocycles.